The van der Waals surface area contributed by atoms with Gasteiger partial charge in [-0.05, 0) is 25.0 Å². The Hall–Kier alpha value is -2.10. The molecule has 0 spiro atoms. The predicted molar refractivity (Wildman–Crippen MR) is 71.9 cm³/mol. The van der Waals surface area contributed by atoms with Crippen LogP contribution in [0.4, 0.5) is 0 Å². The van der Waals surface area contributed by atoms with Crippen molar-refractivity contribution in [2.75, 3.05) is 6.54 Å². The number of para-hydroxylation sites is 1. The van der Waals surface area contributed by atoms with E-state index < -0.39 is 12.1 Å². The molecule has 0 bridgehead atoms. The Balaban J connectivity index is 1.94. The van der Waals surface area contributed by atoms with Crippen LogP contribution < -0.4 is 4.74 Å². The highest BCUT2D eigenvalue weighted by atomic mass is 16.5. The average Bonchev–Trinajstić information content (AvgIpc) is 2.45. The molecule has 0 unspecified atom stereocenters. The van der Waals surface area contributed by atoms with Crippen LogP contribution >= 0.6 is 0 Å². The van der Waals surface area contributed by atoms with Gasteiger partial charge in [-0.25, -0.2) is 0 Å². The van der Waals surface area contributed by atoms with E-state index in [-0.39, 0.29) is 5.91 Å². The van der Waals surface area contributed by atoms with Crippen LogP contribution in [0.15, 0.2) is 43.0 Å². The van der Waals surface area contributed by atoms with Gasteiger partial charge >= 0.3 is 0 Å². The van der Waals surface area contributed by atoms with Crippen molar-refractivity contribution < 1.29 is 14.3 Å². The first-order valence-electron chi connectivity index (χ1n) is 6.36. The van der Waals surface area contributed by atoms with Gasteiger partial charge in [0.1, 0.15) is 18.1 Å². The highest BCUT2D eigenvalue weighted by Gasteiger charge is 2.48. The van der Waals surface area contributed by atoms with Gasteiger partial charge in [0, 0.05) is 6.54 Å². The molecule has 0 N–H and O–H groups in total. The van der Waals surface area contributed by atoms with Gasteiger partial charge in [-0.1, -0.05) is 24.3 Å². The van der Waals surface area contributed by atoms with E-state index in [2.05, 4.69) is 6.58 Å². The lowest BCUT2D eigenvalue weighted by Crippen LogP contribution is -2.67. The summed E-state index contributed by atoms with van der Waals surface area (Å²) in [6, 6.07) is 8.60. The van der Waals surface area contributed by atoms with Crippen molar-refractivity contribution in [2.45, 2.75) is 25.0 Å². The van der Waals surface area contributed by atoms with Crippen LogP contribution in [0, 0.1) is 0 Å². The zero-order valence-corrected chi connectivity index (χ0v) is 10.7. The molecule has 1 aromatic carbocycles. The number of carbonyl (C=O) groups is 2. The van der Waals surface area contributed by atoms with Gasteiger partial charge in [0.05, 0.1) is 0 Å². The number of β-lactam (4-membered cyclic amide) rings is 1. The van der Waals surface area contributed by atoms with Crippen molar-refractivity contribution in [2.24, 2.45) is 0 Å². The summed E-state index contributed by atoms with van der Waals surface area (Å²) < 4.78 is 5.56. The minimum Gasteiger partial charge on any atom is -0.478 e. The summed E-state index contributed by atoms with van der Waals surface area (Å²) in [6.07, 6.45) is 3.56. The maximum Gasteiger partial charge on any atom is 0.267 e. The zero-order valence-electron chi connectivity index (χ0n) is 10.7. The summed E-state index contributed by atoms with van der Waals surface area (Å²) in [5.41, 5.74) is 0. The van der Waals surface area contributed by atoms with Gasteiger partial charge < -0.3 is 14.4 Å². The Bertz CT molecular complexity index is 458. The molecule has 1 saturated heterocycles. The van der Waals surface area contributed by atoms with Gasteiger partial charge in [-0.3, -0.25) is 4.79 Å². The molecule has 19 heavy (non-hydrogen) atoms. The van der Waals surface area contributed by atoms with E-state index in [1.165, 1.54) is 0 Å². The second-order valence-electron chi connectivity index (χ2n) is 4.44. The lowest BCUT2D eigenvalue weighted by Gasteiger charge is -2.43. The van der Waals surface area contributed by atoms with E-state index >= 15 is 0 Å². The second kappa shape index (κ2) is 6.18. The van der Waals surface area contributed by atoms with Crippen LogP contribution in [-0.4, -0.2) is 35.8 Å². The van der Waals surface area contributed by atoms with Gasteiger partial charge in [0.15, 0.2) is 0 Å². The van der Waals surface area contributed by atoms with Crippen LogP contribution in [0.1, 0.15) is 12.8 Å². The lowest BCUT2D eigenvalue weighted by atomic mass is 9.98. The highest BCUT2D eigenvalue weighted by Crippen LogP contribution is 2.24. The molecule has 0 saturated carbocycles. The minimum absolute atomic E-state index is 0.120. The first-order valence-corrected chi connectivity index (χ1v) is 6.36. The third-order valence-corrected chi connectivity index (χ3v) is 3.15. The highest BCUT2D eigenvalue weighted by molar-refractivity contribution is 5.95. The molecule has 2 rings (SSSR count). The molecule has 1 aliphatic rings. The maximum absolute atomic E-state index is 11.9. The molecule has 1 heterocycles. The van der Waals surface area contributed by atoms with Crippen LogP contribution in [0.2, 0.25) is 0 Å². The molecule has 1 aromatic rings. The quantitative estimate of drug-likeness (QED) is 0.325. The second-order valence-corrected chi connectivity index (χ2v) is 4.44. The Labute approximate surface area is 112 Å². The number of ether oxygens (including phenoxy) is 1. The molecule has 4 heteroatoms. The van der Waals surface area contributed by atoms with E-state index in [9.17, 15) is 9.59 Å². The summed E-state index contributed by atoms with van der Waals surface area (Å²) >= 11 is 0. The van der Waals surface area contributed by atoms with Crippen molar-refractivity contribution in [1.29, 1.82) is 0 Å². The minimum atomic E-state index is -0.677. The molecular weight excluding hydrogens is 242 g/mol. The number of hydrogen-bond donors (Lipinski definition) is 0. The average molecular weight is 259 g/mol. The topological polar surface area (TPSA) is 46.6 Å². The number of benzene rings is 1. The van der Waals surface area contributed by atoms with Gasteiger partial charge in [0.25, 0.3) is 5.91 Å². The predicted octanol–water partition coefficient (Wildman–Crippen LogP) is 1.81. The van der Waals surface area contributed by atoms with Crippen LogP contribution in [-0.2, 0) is 9.59 Å². The third-order valence-electron chi connectivity index (χ3n) is 3.15. The number of rotatable bonds is 7. The number of unbranched alkanes of at least 4 members (excludes halogenated alkanes) is 1. The van der Waals surface area contributed by atoms with E-state index in [0.29, 0.717) is 12.3 Å². The normalized spacial score (nSPS) is 21.7. The van der Waals surface area contributed by atoms with E-state index in [0.717, 1.165) is 19.1 Å². The monoisotopic (exact) mass is 259 g/mol. The van der Waals surface area contributed by atoms with Crippen molar-refractivity contribution in [1.82, 2.24) is 4.90 Å². The molecular formula is C15H17NO3. The number of hydrogen-bond acceptors (Lipinski definition) is 3. The summed E-state index contributed by atoms with van der Waals surface area (Å²) in [4.78, 5) is 24.6. The molecule has 0 aliphatic carbocycles. The fraction of sp³-hybridized carbons (Fsp3) is 0.333. The summed E-state index contributed by atoms with van der Waals surface area (Å²) in [7, 11) is 0. The fourth-order valence-corrected chi connectivity index (χ4v) is 2.11. The van der Waals surface area contributed by atoms with Crippen LogP contribution in [0.25, 0.3) is 0 Å². The number of nitrogens with zero attached hydrogens (tertiary/aromatic N) is 1. The Kier molecular flexibility index (Phi) is 4.34. The van der Waals surface area contributed by atoms with Crippen molar-refractivity contribution in [3.63, 3.8) is 0 Å². The van der Waals surface area contributed by atoms with Gasteiger partial charge in [-0.15, -0.1) is 6.58 Å². The molecule has 100 valence electrons. The summed E-state index contributed by atoms with van der Waals surface area (Å²) in [5, 5.41) is 0. The zero-order chi connectivity index (χ0) is 13.7. The Morgan fingerprint density at radius 2 is 2.05 bits per heavy atom. The molecule has 1 aliphatic heterocycles. The fourth-order valence-electron chi connectivity index (χ4n) is 2.11. The first kappa shape index (κ1) is 13.3. The standard InChI is InChI=1S/C15H17NO3/c1-2-3-7-10-16-13(11-17)14(15(16)18)19-12-8-5-4-6-9-12/h2,4-6,8-9,11,13-14H,1,3,7,10H2/t13-,14+/m0/s1. The molecule has 2 atom stereocenters. The van der Waals surface area contributed by atoms with Crippen molar-refractivity contribution in [3.8, 4) is 5.75 Å². The third kappa shape index (κ3) is 2.84. The summed E-state index contributed by atoms with van der Waals surface area (Å²) in [6.45, 7) is 4.21. The number of carbonyl (C=O) groups excluding carboxylic acids is 2. The largest absolute Gasteiger partial charge is 0.478 e. The molecule has 1 amide bonds. The van der Waals surface area contributed by atoms with Gasteiger partial charge in [-0.2, -0.15) is 0 Å². The SMILES string of the molecule is C=CCCCN1C(=O)[C@H](Oc2ccccc2)[C@@H]1C=O. The molecule has 0 radical (unpaired) electrons. The molecule has 4 nitrogen and oxygen atoms in total. The van der Waals surface area contributed by atoms with Crippen LogP contribution in [0.3, 0.4) is 0 Å². The summed E-state index contributed by atoms with van der Waals surface area (Å²) in [5.74, 6) is 0.489. The number of aldehydes is 1. The maximum atomic E-state index is 11.9. The Morgan fingerprint density at radius 1 is 1.32 bits per heavy atom. The molecule has 0 aromatic heterocycles. The lowest BCUT2D eigenvalue weighted by molar-refractivity contribution is -0.165. The van der Waals surface area contributed by atoms with E-state index in [4.69, 9.17) is 4.74 Å². The van der Waals surface area contributed by atoms with Crippen molar-refractivity contribution in [3.05, 3.63) is 43.0 Å². The number of likely N-dealkylation sites (tertiary alicyclic amines) is 1. The van der Waals surface area contributed by atoms with E-state index in [1.54, 1.807) is 23.1 Å². The number of allylic oxidation sites excluding steroid dienone is 1. The van der Waals surface area contributed by atoms with E-state index in [1.807, 2.05) is 18.2 Å². The molecule has 1 fully saturated rings. The first-order chi connectivity index (χ1) is 9.27. The Morgan fingerprint density at radius 3 is 2.68 bits per heavy atom. The van der Waals surface area contributed by atoms with Crippen molar-refractivity contribution >= 4 is 12.2 Å². The van der Waals surface area contributed by atoms with Crippen LogP contribution in [0.5, 0.6) is 5.75 Å². The number of amides is 1. The smallest absolute Gasteiger partial charge is 0.267 e. The van der Waals surface area contributed by atoms with Gasteiger partial charge in [0.2, 0.25) is 6.10 Å².